The summed E-state index contributed by atoms with van der Waals surface area (Å²) in [6, 6.07) is 3.91. The van der Waals surface area contributed by atoms with E-state index in [0.717, 1.165) is 0 Å². The first-order valence-corrected chi connectivity index (χ1v) is 10.1. The molecule has 2 aliphatic rings. The molecule has 0 amide bonds. The number of halogens is 3. The number of imidazole rings is 1. The van der Waals surface area contributed by atoms with Crippen molar-refractivity contribution in [3.63, 3.8) is 0 Å². The third-order valence-corrected chi connectivity index (χ3v) is 7.07. The lowest BCUT2D eigenvalue weighted by atomic mass is 10.2. The lowest BCUT2D eigenvalue weighted by molar-refractivity contribution is -0.144. The molecular formula is C16H17F3N6O2S. The zero-order valence-electron chi connectivity index (χ0n) is 14.6. The molecule has 0 radical (unpaired) electrons. The number of nitriles is 1. The molecule has 4 rings (SSSR count). The minimum atomic E-state index is -4.61. The van der Waals surface area contributed by atoms with E-state index in [9.17, 15) is 21.6 Å². The van der Waals surface area contributed by atoms with E-state index in [1.165, 1.54) is 31.7 Å². The van der Waals surface area contributed by atoms with Crippen molar-refractivity contribution in [3.8, 4) is 6.19 Å². The first-order chi connectivity index (χ1) is 13.2. The standard InChI is InChI=1S/C16H17F3N6O2S/c17-16(18,19)15-21-13-3-2-11(8-14(13)22-15)24-5-1-6-25(28(24,26)27)12-4-7-23(9-12)10-20/h2-3,8,12H,1,4-7,9H2,(H,21,22)/t12-/m1/s1. The summed E-state index contributed by atoms with van der Waals surface area (Å²) in [7, 11) is -3.85. The Hall–Kier alpha value is -2.52. The number of hydrogen-bond acceptors (Lipinski definition) is 5. The molecule has 3 heterocycles. The molecule has 2 aromatic rings. The Kier molecular flexibility index (Phi) is 4.39. The van der Waals surface area contributed by atoms with Gasteiger partial charge in [-0.3, -0.25) is 4.31 Å². The van der Waals surface area contributed by atoms with Gasteiger partial charge in [0.05, 0.1) is 16.7 Å². The van der Waals surface area contributed by atoms with Gasteiger partial charge in [0, 0.05) is 32.2 Å². The predicted molar refractivity (Wildman–Crippen MR) is 94.3 cm³/mol. The van der Waals surface area contributed by atoms with Crippen LogP contribution in [0.15, 0.2) is 18.2 Å². The number of alkyl halides is 3. The van der Waals surface area contributed by atoms with E-state index in [-0.39, 0.29) is 29.3 Å². The fourth-order valence-electron chi connectivity index (χ4n) is 3.72. The van der Waals surface area contributed by atoms with E-state index in [1.54, 1.807) is 0 Å². The van der Waals surface area contributed by atoms with E-state index >= 15 is 0 Å². The van der Waals surface area contributed by atoms with Gasteiger partial charge in [-0.2, -0.15) is 31.2 Å². The van der Waals surface area contributed by atoms with Crippen LogP contribution >= 0.6 is 0 Å². The maximum Gasteiger partial charge on any atom is 0.449 e. The number of benzene rings is 1. The highest BCUT2D eigenvalue weighted by molar-refractivity contribution is 7.90. The fraction of sp³-hybridized carbons (Fsp3) is 0.500. The Labute approximate surface area is 159 Å². The average molecular weight is 414 g/mol. The summed E-state index contributed by atoms with van der Waals surface area (Å²) in [6.45, 7) is 1.44. The minimum Gasteiger partial charge on any atom is -0.334 e. The molecule has 0 spiro atoms. The van der Waals surface area contributed by atoms with Crippen molar-refractivity contribution in [1.29, 1.82) is 5.26 Å². The van der Waals surface area contributed by atoms with Crippen LogP contribution in [0.4, 0.5) is 18.9 Å². The first-order valence-electron chi connectivity index (χ1n) is 8.71. The summed E-state index contributed by atoms with van der Waals surface area (Å²) in [5, 5.41) is 9.01. The highest BCUT2D eigenvalue weighted by atomic mass is 32.2. The number of nitrogens with zero attached hydrogens (tertiary/aromatic N) is 5. The van der Waals surface area contributed by atoms with Gasteiger partial charge in [-0.05, 0) is 31.0 Å². The van der Waals surface area contributed by atoms with Gasteiger partial charge in [0.25, 0.3) is 0 Å². The molecule has 0 unspecified atom stereocenters. The molecule has 1 atom stereocenters. The van der Waals surface area contributed by atoms with Gasteiger partial charge in [0.15, 0.2) is 6.19 Å². The highest BCUT2D eigenvalue weighted by Gasteiger charge is 2.41. The summed E-state index contributed by atoms with van der Waals surface area (Å²) >= 11 is 0. The van der Waals surface area contributed by atoms with Crippen LogP contribution in [0, 0.1) is 11.5 Å². The Morgan fingerprint density at radius 1 is 1.25 bits per heavy atom. The molecule has 28 heavy (non-hydrogen) atoms. The predicted octanol–water partition coefficient (Wildman–Crippen LogP) is 1.89. The topological polar surface area (TPSA) is 96.3 Å². The maximum atomic E-state index is 13.1. The number of rotatable bonds is 2. The zero-order valence-corrected chi connectivity index (χ0v) is 15.5. The van der Waals surface area contributed by atoms with Crippen LogP contribution in [0.1, 0.15) is 18.7 Å². The highest BCUT2D eigenvalue weighted by Crippen LogP contribution is 2.32. The summed E-state index contributed by atoms with van der Waals surface area (Å²) in [4.78, 5) is 7.24. The number of aromatic amines is 1. The molecule has 2 fully saturated rings. The molecule has 0 aliphatic carbocycles. The number of H-pyrrole nitrogens is 1. The molecule has 150 valence electrons. The van der Waals surface area contributed by atoms with E-state index in [2.05, 4.69) is 9.97 Å². The van der Waals surface area contributed by atoms with E-state index in [1.807, 2.05) is 6.19 Å². The molecule has 1 N–H and O–H groups in total. The molecule has 1 aromatic heterocycles. The molecule has 12 heteroatoms. The fourth-order valence-corrected chi connectivity index (χ4v) is 5.62. The van der Waals surface area contributed by atoms with Crippen LogP contribution in [0.5, 0.6) is 0 Å². The SMILES string of the molecule is N#CN1CC[C@@H](N2CCCN(c3ccc4nc(C(F)(F)F)[nH]c4c3)S2(=O)=O)C1. The Morgan fingerprint density at radius 3 is 2.71 bits per heavy atom. The quantitative estimate of drug-likeness (QED) is 0.757. The lowest BCUT2D eigenvalue weighted by Crippen LogP contribution is -2.54. The summed E-state index contributed by atoms with van der Waals surface area (Å²) in [5.41, 5.74) is 0.515. The average Bonchev–Trinajstić information content (AvgIpc) is 3.27. The summed E-state index contributed by atoms with van der Waals surface area (Å²) in [5.74, 6) is -1.12. The van der Waals surface area contributed by atoms with Crippen LogP contribution in [0.2, 0.25) is 0 Å². The normalized spacial score (nSPS) is 23.3. The minimum absolute atomic E-state index is 0.114. The van der Waals surface area contributed by atoms with E-state index in [4.69, 9.17) is 5.26 Å². The van der Waals surface area contributed by atoms with Crippen molar-refractivity contribution in [2.24, 2.45) is 0 Å². The first kappa shape index (κ1) is 18.8. The monoisotopic (exact) mass is 414 g/mol. The van der Waals surface area contributed by atoms with Crippen molar-refractivity contribution in [3.05, 3.63) is 24.0 Å². The van der Waals surface area contributed by atoms with Gasteiger partial charge in [-0.25, -0.2) is 4.98 Å². The largest absolute Gasteiger partial charge is 0.449 e. The number of anilines is 1. The summed E-state index contributed by atoms with van der Waals surface area (Å²) in [6.07, 6.45) is -1.43. The lowest BCUT2D eigenvalue weighted by Gasteiger charge is -2.38. The smallest absolute Gasteiger partial charge is 0.334 e. The third kappa shape index (κ3) is 3.14. The molecule has 0 saturated carbocycles. The van der Waals surface area contributed by atoms with Crippen molar-refractivity contribution in [1.82, 2.24) is 19.2 Å². The molecule has 2 saturated heterocycles. The van der Waals surface area contributed by atoms with Crippen LogP contribution in [-0.2, 0) is 16.4 Å². The number of hydrogen-bond donors (Lipinski definition) is 1. The second kappa shape index (κ2) is 6.52. The van der Waals surface area contributed by atoms with Crippen LogP contribution in [0.3, 0.4) is 0 Å². The molecule has 0 bridgehead atoms. The number of fused-ring (bicyclic) bond motifs is 1. The third-order valence-electron chi connectivity index (χ3n) is 5.05. The van der Waals surface area contributed by atoms with Gasteiger partial charge in [-0.1, -0.05) is 0 Å². The Bertz CT molecular complexity index is 1040. The molecular weight excluding hydrogens is 397 g/mol. The molecule has 8 nitrogen and oxygen atoms in total. The Balaban J connectivity index is 1.65. The van der Waals surface area contributed by atoms with E-state index in [0.29, 0.717) is 32.5 Å². The van der Waals surface area contributed by atoms with Crippen LogP contribution in [0.25, 0.3) is 11.0 Å². The van der Waals surface area contributed by atoms with Gasteiger partial charge in [-0.15, -0.1) is 0 Å². The zero-order chi connectivity index (χ0) is 20.1. The number of aromatic nitrogens is 2. The van der Waals surface area contributed by atoms with Gasteiger partial charge in [0.2, 0.25) is 5.82 Å². The second-order valence-electron chi connectivity index (χ2n) is 6.82. The molecule has 2 aliphatic heterocycles. The van der Waals surface area contributed by atoms with Crippen LogP contribution in [-0.4, -0.2) is 59.8 Å². The molecule has 1 aromatic carbocycles. The van der Waals surface area contributed by atoms with Crippen molar-refractivity contribution in [2.45, 2.75) is 25.1 Å². The van der Waals surface area contributed by atoms with Crippen molar-refractivity contribution >= 4 is 26.9 Å². The van der Waals surface area contributed by atoms with Gasteiger partial charge < -0.3 is 9.88 Å². The van der Waals surface area contributed by atoms with Crippen molar-refractivity contribution in [2.75, 3.05) is 30.5 Å². The maximum absolute atomic E-state index is 13.1. The second-order valence-corrected chi connectivity index (χ2v) is 8.62. The Morgan fingerprint density at radius 2 is 2.04 bits per heavy atom. The van der Waals surface area contributed by atoms with Gasteiger partial charge >= 0.3 is 16.4 Å². The number of nitrogens with one attached hydrogen (secondary N) is 1. The number of likely N-dealkylation sites (tertiary alicyclic amines) is 1. The van der Waals surface area contributed by atoms with E-state index < -0.39 is 22.2 Å². The van der Waals surface area contributed by atoms with Crippen molar-refractivity contribution < 1.29 is 21.6 Å². The van der Waals surface area contributed by atoms with Gasteiger partial charge in [0.1, 0.15) is 0 Å². The van der Waals surface area contributed by atoms with Crippen LogP contribution < -0.4 is 4.31 Å². The summed E-state index contributed by atoms with van der Waals surface area (Å²) < 4.78 is 67.5.